The Bertz CT molecular complexity index is 961. The first-order chi connectivity index (χ1) is 13.5. The van der Waals surface area contributed by atoms with E-state index in [2.05, 4.69) is 28.0 Å². The molecule has 0 radical (unpaired) electrons. The molecule has 4 heterocycles. The molecule has 0 saturated carbocycles. The van der Waals surface area contributed by atoms with Crippen molar-refractivity contribution in [2.75, 3.05) is 6.54 Å². The van der Waals surface area contributed by atoms with Gasteiger partial charge in [-0.3, -0.25) is 9.88 Å². The third-order valence-corrected chi connectivity index (χ3v) is 5.58. The molecule has 1 aliphatic heterocycles. The lowest BCUT2D eigenvalue weighted by Gasteiger charge is -2.35. The minimum atomic E-state index is 0.223. The number of rotatable bonds is 4. The Kier molecular flexibility index (Phi) is 5.22. The molecular formula is C22H27N5O. The van der Waals surface area contributed by atoms with Crippen LogP contribution in [-0.4, -0.2) is 31.6 Å². The zero-order valence-corrected chi connectivity index (χ0v) is 17.1. The number of aryl methyl sites for hydroxylation is 4. The van der Waals surface area contributed by atoms with Gasteiger partial charge in [-0.2, -0.15) is 0 Å². The van der Waals surface area contributed by atoms with Gasteiger partial charge in [0.2, 0.25) is 0 Å². The normalized spacial score (nSPS) is 17.8. The van der Waals surface area contributed by atoms with E-state index in [1.807, 2.05) is 39.2 Å². The number of aromatic nitrogens is 4. The van der Waals surface area contributed by atoms with E-state index in [1.54, 1.807) is 0 Å². The van der Waals surface area contributed by atoms with E-state index in [4.69, 9.17) is 14.5 Å². The molecule has 6 heteroatoms. The highest BCUT2D eigenvalue weighted by molar-refractivity contribution is 5.63. The second-order valence-corrected chi connectivity index (χ2v) is 7.74. The van der Waals surface area contributed by atoms with Gasteiger partial charge in [0.05, 0.1) is 23.0 Å². The zero-order chi connectivity index (χ0) is 19.7. The maximum absolute atomic E-state index is 5.36. The van der Waals surface area contributed by atoms with E-state index in [9.17, 15) is 0 Å². The van der Waals surface area contributed by atoms with Crippen LogP contribution in [0.25, 0.3) is 11.3 Å². The summed E-state index contributed by atoms with van der Waals surface area (Å²) >= 11 is 0. The summed E-state index contributed by atoms with van der Waals surface area (Å²) in [7, 11) is 0. The molecule has 146 valence electrons. The van der Waals surface area contributed by atoms with E-state index in [0.29, 0.717) is 0 Å². The molecule has 0 bridgehead atoms. The Morgan fingerprint density at radius 1 is 1.14 bits per heavy atom. The van der Waals surface area contributed by atoms with E-state index in [0.717, 1.165) is 53.7 Å². The molecule has 28 heavy (non-hydrogen) atoms. The molecule has 0 aliphatic carbocycles. The standard InChI is InChI=1S/C22H27N5O/c1-14-12-23-9-8-18(14)13-27-10-6-5-7-20(27)22-24-15(2)11-19(25-22)21-16(3)26-28-17(21)4/h8-9,11-12,20H,5-7,10,13H2,1-4H3. The van der Waals surface area contributed by atoms with Crippen LogP contribution in [0, 0.1) is 27.7 Å². The summed E-state index contributed by atoms with van der Waals surface area (Å²) in [5.41, 5.74) is 6.29. The summed E-state index contributed by atoms with van der Waals surface area (Å²) in [5.74, 6) is 1.70. The molecule has 1 aliphatic rings. The van der Waals surface area contributed by atoms with Crippen molar-refractivity contribution < 1.29 is 4.52 Å². The first-order valence-electron chi connectivity index (χ1n) is 9.95. The van der Waals surface area contributed by atoms with Crippen molar-refractivity contribution >= 4 is 0 Å². The SMILES string of the molecule is Cc1cc(-c2c(C)noc2C)nc(C2CCCCN2Cc2ccncc2C)n1. The molecule has 0 amide bonds. The van der Waals surface area contributed by atoms with Gasteiger partial charge in [-0.05, 0) is 70.3 Å². The maximum atomic E-state index is 5.36. The van der Waals surface area contributed by atoms with Crippen LogP contribution in [0.15, 0.2) is 29.0 Å². The monoisotopic (exact) mass is 377 g/mol. The second-order valence-electron chi connectivity index (χ2n) is 7.74. The quantitative estimate of drug-likeness (QED) is 0.667. The summed E-state index contributed by atoms with van der Waals surface area (Å²) in [4.78, 5) is 16.5. The van der Waals surface area contributed by atoms with Crippen molar-refractivity contribution in [2.24, 2.45) is 0 Å². The summed E-state index contributed by atoms with van der Waals surface area (Å²) in [6.45, 7) is 10.0. The molecule has 1 saturated heterocycles. The molecule has 6 nitrogen and oxygen atoms in total. The van der Waals surface area contributed by atoms with Crippen LogP contribution < -0.4 is 0 Å². The maximum Gasteiger partial charge on any atom is 0.146 e. The summed E-state index contributed by atoms with van der Waals surface area (Å²) in [5, 5.41) is 4.09. The molecular weight excluding hydrogens is 350 g/mol. The van der Waals surface area contributed by atoms with Crippen molar-refractivity contribution in [3.8, 4) is 11.3 Å². The summed E-state index contributed by atoms with van der Waals surface area (Å²) < 4.78 is 5.36. The fourth-order valence-electron chi connectivity index (χ4n) is 4.09. The molecule has 1 fully saturated rings. The van der Waals surface area contributed by atoms with Gasteiger partial charge in [0, 0.05) is 24.6 Å². The average molecular weight is 377 g/mol. The predicted octanol–water partition coefficient (Wildman–Crippen LogP) is 4.49. The highest BCUT2D eigenvalue weighted by Crippen LogP contribution is 2.33. The van der Waals surface area contributed by atoms with Gasteiger partial charge < -0.3 is 4.52 Å². The molecule has 3 aromatic rings. The minimum Gasteiger partial charge on any atom is -0.361 e. The van der Waals surface area contributed by atoms with Gasteiger partial charge in [-0.15, -0.1) is 0 Å². The van der Waals surface area contributed by atoms with Crippen LogP contribution in [0.2, 0.25) is 0 Å². The molecule has 0 spiro atoms. The van der Waals surface area contributed by atoms with Crippen molar-refractivity contribution in [2.45, 2.75) is 59.5 Å². The highest BCUT2D eigenvalue weighted by atomic mass is 16.5. The Morgan fingerprint density at radius 2 is 2.00 bits per heavy atom. The van der Waals surface area contributed by atoms with Crippen LogP contribution in [0.1, 0.15) is 59.4 Å². The topological polar surface area (TPSA) is 67.9 Å². The molecule has 3 aromatic heterocycles. The van der Waals surface area contributed by atoms with Crippen LogP contribution >= 0.6 is 0 Å². The van der Waals surface area contributed by atoms with Gasteiger partial charge in [0.25, 0.3) is 0 Å². The lowest BCUT2D eigenvalue weighted by Crippen LogP contribution is -2.34. The van der Waals surface area contributed by atoms with Gasteiger partial charge in [0.1, 0.15) is 11.6 Å². The Morgan fingerprint density at radius 3 is 2.75 bits per heavy atom. The largest absolute Gasteiger partial charge is 0.361 e. The molecule has 4 rings (SSSR count). The molecule has 1 atom stereocenters. The van der Waals surface area contributed by atoms with Crippen LogP contribution in [0.5, 0.6) is 0 Å². The van der Waals surface area contributed by atoms with Crippen molar-refractivity contribution in [3.05, 3.63) is 58.6 Å². The van der Waals surface area contributed by atoms with E-state index in [-0.39, 0.29) is 6.04 Å². The number of piperidine rings is 1. The number of likely N-dealkylation sites (tertiary alicyclic amines) is 1. The van der Waals surface area contributed by atoms with Gasteiger partial charge in [0.15, 0.2) is 0 Å². The van der Waals surface area contributed by atoms with Crippen molar-refractivity contribution in [1.82, 2.24) is 25.0 Å². The fraction of sp³-hybridized carbons (Fsp3) is 0.455. The van der Waals surface area contributed by atoms with Gasteiger partial charge in [-0.1, -0.05) is 11.6 Å². The van der Waals surface area contributed by atoms with Crippen LogP contribution in [0.3, 0.4) is 0 Å². The lowest BCUT2D eigenvalue weighted by molar-refractivity contribution is 0.133. The summed E-state index contributed by atoms with van der Waals surface area (Å²) in [6.07, 6.45) is 7.30. The van der Waals surface area contributed by atoms with Crippen molar-refractivity contribution in [3.63, 3.8) is 0 Å². The van der Waals surface area contributed by atoms with E-state index >= 15 is 0 Å². The molecule has 1 unspecified atom stereocenters. The molecule has 0 aromatic carbocycles. The predicted molar refractivity (Wildman–Crippen MR) is 108 cm³/mol. The first kappa shape index (κ1) is 18.7. The third-order valence-electron chi connectivity index (χ3n) is 5.58. The van der Waals surface area contributed by atoms with E-state index in [1.165, 1.54) is 24.0 Å². The molecule has 0 N–H and O–H groups in total. The number of hydrogen-bond acceptors (Lipinski definition) is 6. The van der Waals surface area contributed by atoms with Gasteiger partial charge in [-0.25, -0.2) is 9.97 Å². The van der Waals surface area contributed by atoms with Crippen LogP contribution in [-0.2, 0) is 6.54 Å². The Hall–Kier alpha value is -2.60. The zero-order valence-electron chi connectivity index (χ0n) is 17.1. The van der Waals surface area contributed by atoms with Crippen molar-refractivity contribution in [1.29, 1.82) is 0 Å². The number of nitrogens with zero attached hydrogens (tertiary/aromatic N) is 5. The first-order valence-corrected chi connectivity index (χ1v) is 9.95. The third kappa shape index (κ3) is 3.69. The number of pyridine rings is 1. The fourth-order valence-corrected chi connectivity index (χ4v) is 4.09. The Labute approximate surface area is 166 Å². The smallest absolute Gasteiger partial charge is 0.146 e. The Balaban J connectivity index is 1.69. The number of hydrogen-bond donors (Lipinski definition) is 0. The summed E-state index contributed by atoms with van der Waals surface area (Å²) in [6, 6.07) is 4.37. The van der Waals surface area contributed by atoms with E-state index < -0.39 is 0 Å². The van der Waals surface area contributed by atoms with Gasteiger partial charge >= 0.3 is 0 Å². The highest BCUT2D eigenvalue weighted by Gasteiger charge is 2.28. The minimum absolute atomic E-state index is 0.223. The van der Waals surface area contributed by atoms with Crippen LogP contribution in [0.4, 0.5) is 0 Å². The average Bonchev–Trinajstić information content (AvgIpc) is 3.02. The second kappa shape index (κ2) is 7.80. The lowest BCUT2D eigenvalue weighted by atomic mass is 9.99.